The molecule has 1 aliphatic heterocycles. The molecule has 2 aromatic rings. The molecule has 0 aromatic heterocycles. The van der Waals surface area contributed by atoms with Crippen molar-refractivity contribution in [3.05, 3.63) is 65.7 Å². The number of methoxy groups -OCH3 is 1. The summed E-state index contributed by atoms with van der Waals surface area (Å²) in [6.07, 6.45) is 2.46. The second-order valence-electron chi connectivity index (χ2n) is 7.63. The molecular weight excluding hydrogens is 503 g/mol. The lowest BCUT2D eigenvalue weighted by molar-refractivity contribution is 0.239. The van der Waals surface area contributed by atoms with E-state index in [9.17, 15) is 5.11 Å². The van der Waals surface area contributed by atoms with E-state index in [0.717, 1.165) is 36.9 Å². The SMILES string of the molecule is CN=C(NCC(CO)c1ccccc1)NCC(c1ccccc1OC)N1CCCC1.I. The van der Waals surface area contributed by atoms with Crippen molar-refractivity contribution in [2.75, 3.05) is 46.9 Å². The van der Waals surface area contributed by atoms with Gasteiger partial charge in [-0.25, -0.2) is 0 Å². The number of nitrogens with zero attached hydrogens (tertiary/aromatic N) is 2. The summed E-state index contributed by atoms with van der Waals surface area (Å²) in [5.41, 5.74) is 2.31. The molecule has 0 aliphatic carbocycles. The number of hydrogen-bond acceptors (Lipinski definition) is 4. The fraction of sp³-hybridized carbons (Fsp3) is 0.458. The topological polar surface area (TPSA) is 69.1 Å². The third-order valence-corrected chi connectivity index (χ3v) is 5.77. The normalized spacial score (nSPS) is 16.3. The Morgan fingerprint density at radius 3 is 2.32 bits per heavy atom. The summed E-state index contributed by atoms with van der Waals surface area (Å²) >= 11 is 0. The van der Waals surface area contributed by atoms with E-state index >= 15 is 0 Å². The summed E-state index contributed by atoms with van der Waals surface area (Å²) in [6.45, 7) is 3.62. The van der Waals surface area contributed by atoms with E-state index in [-0.39, 0.29) is 42.5 Å². The summed E-state index contributed by atoms with van der Waals surface area (Å²) in [5, 5.41) is 16.7. The van der Waals surface area contributed by atoms with E-state index in [1.54, 1.807) is 14.2 Å². The van der Waals surface area contributed by atoms with E-state index in [2.05, 4.69) is 32.7 Å². The summed E-state index contributed by atoms with van der Waals surface area (Å²) in [7, 11) is 3.51. The van der Waals surface area contributed by atoms with Crippen LogP contribution in [-0.4, -0.2) is 62.9 Å². The Morgan fingerprint density at radius 1 is 1.03 bits per heavy atom. The molecule has 31 heavy (non-hydrogen) atoms. The molecule has 0 saturated carbocycles. The molecule has 0 radical (unpaired) electrons. The van der Waals surface area contributed by atoms with Gasteiger partial charge in [0.1, 0.15) is 5.75 Å². The number of benzene rings is 2. The Morgan fingerprint density at radius 2 is 1.68 bits per heavy atom. The summed E-state index contributed by atoms with van der Waals surface area (Å²) in [5.74, 6) is 1.68. The van der Waals surface area contributed by atoms with Gasteiger partial charge in [-0.05, 0) is 37.6 Å². The van der Waals surface area contributed by atoms with Crippen LogP contribution in [0.4, 0.5) is 0 Å². The molecule has 0 bridgehead atoms. The van der Waals surface area contributed by atoms with Crippen LogP contribution < -0.4 is 15.4 Å². The van der Waals surface area contributed by atoms with Gasteiger partial charge in [0.25, 0.3) is 0 Å². The summed E-state index contributed by atoms with van der Waals surface area (Å²) in [4.78, 5) is 6.90. The van der Waals surface area contributed by atoms with Gasteiger partial charge < -0.3 is 20.5 Å². The Kier molecular flexibility index (Phi) is 11.1. The molecule has 2 atom stereocenters. The molecule has 0 spiro atoms. The minimum absolute atomic E-state index is 0. The Bertz CT molecular complexity index is 797. The molecular formula is C24H35IN4O2. The fourth-order valence-electron chi connectivity index (χ4n) is 4.08. The second-order valence-corrected chi connectivity index (χ2v) is 7.63. The van der Waals surface area contributed by atoms with Crippen molar-refractivity contribution in [2.45, 2.75) is 24.8 Å². The first-order valence-electron chi connectivity index (χ1n) is 10.7. The van der Waals surface area contributed by atoms with Crippen LogP contribution in [0.3, 0.4) is 0 Å². The van der Waals surface area contributed by atoms with Crippen LogP contribution in [0.5, 0.6) is 5.75 Å². The second kappa shape index (κ2) is 13.5. The Balaban J connectivity index is 0.00000341. The van der Waals surface area contributed by atoms with Crippen molar-refractivity contribution in [3.8, 4) is 5.75 Å². The fourth-order valence-corrected chi connectivity index (χ4v) is 4.08. The lowest BCUT2D eigenvalue weighted by Gasteiger charge is -2.30. The quantitative estimate of drug-likeness (QED) is 0.260. The number of aliphatic hydroxyl groups excluding tert-OH is 1. The van der Waals surface area contributed by atoms with E-state index in [0.29, 0.717) is 6.54 Å². The van der Waals surface area contributed by atoms with E-state index in [1.807, 2.05) is 42.5 Å². The first-order valence-corrected chi connectivity index (χ1v) is 10.7. The Hall–Kier alpha value is -1.84. The number of halogens is 1. The van der Waals surface area contributed by atoms with Crippen LogP contribution in [0.25, 0.3) is 0 Å². The van der Waals surface area contributed by atoms with Crippen LogP contribution in [0.2, 0.25) is 0 Å². The van der Waals surface area contributed by atoms with E-state index < -0.39 is 0 Å². The third-order valence-electron chi connectivity index (χ3n) is 5.77. The number of guanidine groups is 1. The molecule has 1 saturated heterocycles. The summed E-state index contributed by atoms with van der Waals surface area (Å²) < 4.78 is 5.63. The molecule has 3 N–H and O–H groups in total. The van der Waals surface area contributed by atoms with Crippen molar-refractivity contribution in [3.63, 3.8) is 0 Å². The molecule has 6 nitrogen and oxygen atoms in total. The Labute approximate surface area is 203 Å². The maximum atomic E-state index is 9.81. The molecule has 1 aliphatic rings. The van der Waals surface area contributed by atoms with Crippen molar-refractivity contribution in [1.29, 1.82) is 0 Å². The van der Waals surface area contributed by atoms with Crippen molar-refractivity contribution in [1.82, 2.24) is 15.5 Å². The van der Waals surface area contributed by atoms with Gasteiger partial charge in [0, 0.05) is 31.6 Å². The van der Waals surface area contributed by atoms with Crippen molar-refractivity contribution in [2.24, 2.45) is 4.99 Å². The van der Waals surface area contributed by atoms with Crippen LogP contribution in [-0.2, 0) is 0 Å². The molecule has 3 rings (SSSR count). The minimum Gasteiger partial charge on any atom is -0.496 e. The molecule has 0 amide bonds. The van der Waals surface area contributed by atoms with Crippen molar-refractivity contribution >= 4 is 29.9 Å². The third kappa shape index (κ3) is 7.08. The number of aliphatic imine (C=N–C) groups is 1. The first-order chi connectivity index (χ1) is 14.8. The highest BCUT2D eigenvalue weighted by Crippen LogP contribution is 2.31. The molecule has 1 heterocycles. The zero-order valence-corrected chi connectivity index (χ0v) is 20.8. The van der Waals surface area contributed by atoms with Crippen LogP contribution in [0, 0.1) is 0 Å². The van der Waals surface area contributed by atoms with Gasteiger partial charge in [-0.1, -0.05) is 48.5 Å². The zero-order chi connectivity index (χ0) is 21.2. The number of ether oxygens (including phenoxy) is 1. The van der Waals surface area contributed by atoms with Gasteiger partial charge in [-0.3, -0.25) is 9.89 Å². The van der Waals surface area contributed by atoms with Gasteiger partial charge in [-0.2, -0.15) is 0 Å². The van der Waals surface area contributed by atoms with Crippen molar-refractivity contribution < 1.29 is 9.84 Å². The standard InChI is InChI=1S/C24H34N4O2.HI/c1-25-24(26-16-20(18-29)19-10-4-3-5-11-19)27-17-22(28-14-8-9-15-28)21-12-6-7-13-23(21)30-2;/h3-7,10-13,20,22,29H,8-9,14-18H2,1-2H3,(H2,25,26,27);1H. The number of rotatable bonds is 9. The number of likely N-dealkylation sites (tertiary alicyclic amines) is 1. The summed E-state index contributed by atoms with van der Waals surface area (Å²) in [6, 6.07) is 18.5. The highest BCUT2D eigenvalue weighted by molar-refractivity contribution is 14.0. The first kappa shape index (κ1) is 25.4. The predicted octanol–water partition coefficient (Wildman–Crippen LogP) is 3.39. The predicted molar refractivity (Wildman–Crippen MR) is 138 cm³/mol. The number of para-hydroxylation sites is 1. The smallest absolute Gasteiger partial charge is 0.191 e. The lowest BCUT2D eigenvalue weighted by atomic mass is 10.0. The van der Waals surface area contributed by atoms with E-state index in [4.69, 9.17) is 4.74 Å². The monoisotopic (exact) mass is 538 g/mol. The molecule has 1 fully saturated rings. The maximum Gasteiger partial charge on any atom is 0.191 e. The van der Waals surface area contributed by atoms with Gasteiger partial charge in [0.2, 0.25) is 0 Å². The lowest BCUT2D eigenvalue weighted by Crippen LogP contribution is -2.44. The highest BCUT2D eigenvalue weighted by atomic mass is 127. The average molecular weight is 538 g/mol. The van der Waals surface area contributed by atoms with Gasteiger partial charge >= 0.3 is 0 Å². The molecule has 170 valence electrons. The van der Waals surface area contributed by atoms with Crippen LogP contribution in [0.15, 0.2) is 59.6 Å². The van der Waals surface area contributed by atoms with Gasteiger partial charge in [0.15, 0.2) is 5.96 Å². The number of aliphatic hydroxyl groups is 1. The van der Waals surface area contributed by atoms with E-state index in [1.165, 1.54) is 18.4 Å². The maximum absolute atomic E-state index is 9.81. The van der Waals surface area contributed by atoms with Crippen LogP contribution in [0.1, 0.15) is 35.9 Å². The molecule has 2 unspecified atom stereocenters. The average Bonchev–Trinajstić information content (AvgIpc) is 3.34. The highest BCUT2D eigenvalue weighted by Gasteiger charge is 2.26. The molecule has 7 heteroatoms. The minimum atomic E-state index is 0. The van der Waals surface area contributed by atoms with Gasteiger partial charge in [-0.15, -0.1) is 24.0 Å². The largest absolute Gasteiger partial charge is 0.496 e. The zero-order valence-electron chi connectivity index (χ0n) is 18.5. The molecule has 2 aromatic carbocycles. The number of nitrogens with one attached hydrogen (secondary N) is 2. The number of hydrogen-bond donors (Lipinski definition) is 3. The van der Waals surface area contributed by atoms with Crippen LogP contribution >= 0.6 is 24.0 Å². The van der Waals surface area contributed by atoms with Gasteiger partial charge in [0.05, 0.1) is 19.8 Å².